The highest BCUT2D eigenvalue weighted by molar-refractivity contribution is 7.91. The fourth-order valence-corrected chi connectivity index (χ4v) is 4.18. The number of aromatic amines is 1. The average Bonchev–Trinajstić information content (AvgIpc) is 2.98. The predicted molar refractivity (Wildman–Crippen MR) is 80.0 cm³/mol. The maximum absolute atomic E-state index is 12.4. The molecule has 0 bridgehead atoms. The number of sulfonamides is 1. The number of nitrogens with one attached hydrogen (secondary N) is 1. The molecule has 0 spiro atoms. The van der Waals surface area contributed by atoms with Crippen LogP contribution in [-0.2, 0) is 16.6 Å². The van der Waals surface area contributed by atoms with Gasteiger partial charge in [0.05, 0.1) is 11.4 Å². The van der Waals surface area contributed by atoms with Gasteiger partial charge in [-0.25, -0.2) is 13.4 Å². The number of thiocarbonyl (C=S) groups is 1. The maximum Gasteiger partial charge on any atom is 0.252 e. The SMILES string of the molecule is Cc1nc(CN(C)S(=O)(=O)c2ccc(C(N)=S)s2)n[nH]1. The van der Waals surface area contributed by atoms with E-state index in [0.29, 0.717) is 16.5 Å². The second-order valence-electron chi connectivity index (χ2n) is 4.08. The van der Waals surface area contributed by atoms with Gasteiger partial charge in [0.25, 0.3) is 10.0 Å². The number of hydrogen-bond acceptors (Lipinski definition) is 6. The molecule has 0 saturated carbocycles. The third-order valence-electron chi connectivity index (χ3n) is 2.50. The van der Waals surface area contributed by atoms with Gasteiger partial charge in [-0.3, -0.25) is 5.10 Å². The monoisotopic (exact) mass is 331 g/mol. The lowest BCUT2D eigenvalue weighted by atomic mass is 10.5. The van der Waals surface area contributed by atoms with Crippen LogP contribution in [0.4, 0.5) is 0 Å². The van der Waals surface area contributed by atoms with Crippen molar-refractivity contribution in [3.05, 3.63) is 28.7 Å². The molecule has 2 rings (SSSR count). The second-order valence-corrected chi connectivity index (χ2v) is 7.88. The van der Waals surface area contributed by atoms with Crippen LogP contribution in [0, 0.1) is 6.92 Å². The van der Waals surface area contributed by atoms with Crippen molar-refractivity contribution >= 4 is 38.6 Å². The molecule has 20 heavy (non-hydrogen) atoms. The number of H-pyrrole nitrogens is 1. The molecular weight excluding hydrogens is 318 g/mol. The molecule has 2 heterocycles. The van der Waals surface area contributed by atoms with Gasteiger partial charge in [-0.1, -0.05) is 12.2 Å². The van der Waals surface area contributed by atoms with E-state index in [0.717, 1.165) is 11.3 Å². The number of hydrogen-bond donors (Lipinski definition) is 2. The Morgan fingerprint density at radius 3 is 2.75 bits per heavy atom. The zero-order valence-electron chi connectivity index (χ0n) is 10.8. The predicted octanol–water partition coefficient (Wildman–Crippen LogP) is 0.630. The van der Waals surface area contributed by atoms with E-state index in [1.807, 2.05) is 0 Å². The number of aromatic nitrogens is 3. The number of thiophene rings is 1. The highest BCUT2D eigenvalue weighted by Gasteiger charge is 2.24. The number of nitrogens with zero attached hydrogens (tertiary/aromatic N) is 3. The molecule has 2 aromatic heterocycles. The summed E-state index contributed by atoms with van der Waals surface area (Å²) in [4.78, 5) is 4.84. The zero-order valence-corrected chi connectivity index (χ0v) is 13.3. The minimum atomic E-state index is -3.60. The minimum absolute atomic E-state index is 0.0903. The summed E-state index contributed by atoms with van der Waals surface area (Å²) < 4.78 is 26.1. The van der Waals surface area contributed by atoms with Gasteiger partial charge in [0.15, 0.2) is 5.82 Å². The second kappa shape index (κ2) is 5.56. The van der Waals surface area contributed by atoms with E-state index in [-0.39, 0.29) is 15.7 Å². The Morgan fingerprint density at radius 1 is 1.55 bits per heavy atom. The van der Waals surface area contributed by atoms with Gasteiger partial charge in [0, 0.05) is 7.05 Å². The number of nitrogens with two attached hydrogens (primary N) is 1. The zero-order chi connectivity index (χ0) is 14.9. The van der Waals surface area contributed by atoms with Crippen molar-refractivity contribution in [2.75, 3.05) is 7.05 Å². The van der Waals surface area contributed by atoms with Crippen molar-refractivity contribution in [3.63, 3.8) is 0 Å². The summed E-state index contributed by atoms with van der Waals surface area (Å²) in [5.41, 5.74) is 5.48. The molecule has 7 nitrogen and oxygen atoms in total. The molecule has 0 fully saturated rings. The lowest BCUT2D eigenvalue weighted by Crippen LogP contribution is -2.26. The molecule has 0 aliphatic rings. The lowest BCUT2D eigenvalue weighted by Gasteiger charge is -2.13. The smallest absolute Gasteiger partial charge is 0.252 e. The highest BCUT2D eigenvalue weighted by atomic mass is 32.2. The van der Waals surface area contributed by atoms with Crippen molar-refractivity contribution in [3.8, 4) is 0 Å². The van der Waals surface area contributed by atoms with Gasteiger partial charge in [0.1, 0.15) is 15.0 Å². The van der Waals surface area contributed by atoms with Crippen LogP contribution in [0.25, 0.3) is 0 Å². The van der Waals surface area contributed by atoms with Crippen LogP contribution in [0.5, 0.6) is 0 Å². The van der Waals surface area contributed by atoms with Crippen LogP contribution in [0.1, 0.15) is 16.5 Å². The molecule has 0 aliphatic heterocycles. The van der Waals surface area contributed by atoms with E-state index < -0.39 is 10.0 Å². The van der Waals surface area contributed by atoms with E-state index in [4.69, 9.17) is 18.0 Å². The minimum Gasteiger partial charge on any atom is -0.389 e. The summed E-state index contributed by atoms with van der Waals surface area (Å²) in [6.45, 7) is 1.84. The Hall–Kier alpha value is -1.36. The first-order valence-electron chi connectivity index (χ1n) is 5.54. The van der Waals surface area contributed by atoms with Crippen molar-refractivity contribution < 1.29 is 8.42 Å². The van der Waals surface area contributed by atoms with Gasteiger partial charge in [0.2, 0.25) is 0 Å². The van der Waals surface area contributed by atoms with E-state index in [1.165, 1.54) is 17.4 Å². The summed E-state index contributed by atoms with van der Waals surface area (Å²) in [6, 6.07) is 3.10. The van der Waals surface area contributed by atoms with Crippen LogP contribution in [-0.4, -0.2) is 39.9 Å². The lowest BCUT2D eigenvalue weighted by molar-refractivity contribution is 0.459. The Labute approximate surface area is 125 Å². The molecule has 0 amide bonds. The van der Waals surface area contributed by atoms with Gasteiger partial charge in [-0.15, -0.1) is 11.3 Å². The summed E-state index contributed by atoms with van der Waals surface area (Å²) >= 11 is 5.87. The van der Waals surface area contributed by atoms with Gasteiger partial charge < -0.3 is 5.73 Å². The molecule has 0 aromatic carbocycles. The molecule has 0 atom stereocenters. The average molecular weight is 331 g/mol. The fourth-order valence-electron chi connectivity index (χ4n) is 1.49. The Bertz CT molecular complexity index is 734. The van der Waals surface area contributed by atoms with E-state index >= 15 is 0 Å². The molecule has 2 aromatic rings. The molecule has 0 aliphatic carbocycles. The highest BCUT2D eigenvalue weighted by Crippen LogP contribution is 2.24. The Morgan fingerprint density at radius 2 is 2.25 bits per heavy atom. The summed E-state index contributed by atoms with van der Waals surface area (Å²) in [5, 5.41) is 6.59. The van der Waals surface area contributed by atoms with Crippen LogP contribution in [0.15, 0.2) is 16.3 Å². The molecule has 3 N–H and O–H groups in total. The largest absolute Gasteiger partial charge is 0.389 e. The third-order valence-corrected chi connectivity index (χ3v) is 6.23. The first kappa shape index (κ1) is 15.0. The first-order valence-corrected chi connectivity index (χ1v) is 8.21. The fraction of sp³-hybridized carbons (Fsp3) is 0.300. The van der Waals surface area contributed by atoms with Gasteiger partial charge in [-0.05, 0) is 19.1 Å². The van der Waals surface area contributed by atoms with Gasteiger partial charge >= 0.3 is 0 Å². The molecule has 0 unspecified atom stereocenters. The van der Waals surface area contributed by atoms with Gasteiger partial charge in [-0.2, -0.15) is 9.40 Å². The van der Waals surface area contributed by atoms with E-state index in [2.05, 4.69) is 15.2 Å². The molecule has 0 saturated heterocycles. The standard InChI is InChI=1S/C10H13N5O2S3/c1-6-12-8(14-13-6)5-15(2)20(16,17)9-4-3-7(19-9)10(11)18/h3-4H,5H2,1-2H3,(H2,11,18)(H,12,13,14). The summed E-state index contributed by atoms with van der Waals surface area (Å²) in [6.07, 6.45) is 0. The number of rotatable bonds is 5. The topological polar surface area (TPSA) is 105 Å². The molecule has 108 valence electrons. The van der Waals surface area contributed by atoms with Crippen LogP contribution >= 0.6 is 23.6 Å². The van der Waals surface area contributed by atoms with Crippen molar-refractivity contribution in [2.45, 2.75) is 17.7 Å². The van der Waals surface area contributed by atoms with Crippen molar-refractivity contribution in [1.29, 1.82) is 0 Å². The van der Waals surface area contributed by atoms with Crippen LogP contribution < -0.4 is 5.73 Å². The first-order chi connectivity index (χ1) is 9.30. The Balaban J connectivity index is 2.22. The van der Waals surface area contributed by atoms with Crippen LogP contribution in [0.3, 0.4) is 0 Å². The normalized spacial score (nSPS) is 11.9. The Kier molecular flexibility index (Phi) is 4.18. The molecule has 10 heteroatoms. The third kappa shape index (κ3) is 3.03. The van der Waals surface area contributed by atoms with Crippen molar-refractivity contribution in [2.24, 2.45) is 5.73 Å². The molecule has 0 radical (unpaired) electrons. The summed E-state index contributed by atoms with van der Waals surface area (Å²) in [7, 11) is -2.12. The molecular formula is C10H13N5O2S3. The van der Waals surface area contributed by atoms with E-state index in [1.54, 1.807) is 13.0 Å². The van der Waals surface area contributed by atoms with Crippen LogP contribution in [0.2, 0.25) is 0 Å². The van der Waals surface area contributed by atoms with Crippen molar-refractivity contribution in [1.82, 2.24) is 19.5 Å². The van der Waals surface area contributed by atoms with E-state index in [9.17, 15) is 8.42 Å². The maximum atomic E-state index is 12.4. The quantitative estimate of drug-likeness (QED) is 0.779. The summed E-state index contributed by atoms with van der Waals surface area (Å²) in [5.74, 6) is 1.05. The number of aryl methyl sites for hydroxylation is 1.